The molecular formula is C11H15ClFNO4S. The van der Waals surface area contributed by atoms with Crippen LogP contribution < -0.4 is 4.72 Å². The number of benzene rings is 1. The number of sulfonamides is 1. The van der Waals surface area contributed by atoms with Gasteiger partial charge in [-0.1, -0.05) is 11.6 Å². The van der Waals surface area contributed by atoms with Crippen LogP contribution >= 0.6 is 11.6 Å². The first kappa shape index (κ1) is 16.3. The summed E-state index contributed by atoms with van der Waals surface area (Å²) in [4.78, 5) is -0.197. The molecule has 0 bridgehead atoms. The predicted molar refractivity (Wildman–Crippen MR) is 69.1 cm³/mol. The third-order valence-electron chi connectivity index (χ3n) is 2.31. The topological polar surface area (TPSA) is 75.6 Å². The van der Waals surface area contributed by atoms with Crippen molar-refractivity contribution in [1.82, 2.24) is 4.72 Å². The zero-order chi connectivity index (χ0) is 14.5. The highest BCUT2D eigenvalue weighted by atomic mass is 35.5. The number of aliphatic hydroxyl groups excluding tert-OH is 1. The Morgan fingerprint density at radius 1 is 1.53 bits per heavy atom. The van der Waals surface area contributed by atoms with Gasteiger partial charge in [0, 0.05) is 13.7 Å². The van der Waals surface area contributed by atoms with Gasteiger partial charge >= 0.3 is 0 Å². The molecule has 0 saturated heterocycles. The first-order chi connectivity index (χ1) is 8.86. The molecule has 0 aliphatic heterocycles. The minimum absolute atomic E-state index is 0.0283. The van der Waals surface area contributed by atoms with E-state index in [1.54, 1.807) is 0 Å². The highest BCUT2D eigenvalue weighted by Gasteiger charge is 2.18. The molecular weight excluding hydrogens is 297 g/mol. The molecule has 1 unspecified atom stereocenters. The summed E-state index contributed by atoms with van der Waals surface area (Å²) in [6.45, 7) is 0.152. The Morgan fingerprint density at radius 3 is 2.79 bits per heavy atom. The highest BCUT2D eigenvalue weighted by Crippen LogP contribution is 2.21. The third kappa shape index (κ3) is 5.04. The van der Waals surface area contributed by atoms with E-state index in [1.807, 2.05) is 0 Å². The van der Waals surface area contributed by atoms with Crippen LogP contribution in [0.15, 0.2) is 23.1 Å². The molecule has 1 rings (SSSR count). The Balaban J connectivity index is 2.66. The van der Waals surface area contributed by atoms with Gasteiger partial charge in [0.2, 0.25) is 10.0 Å². The number of methoxy groups -OCH3 is 1. The van der Waals surface area contributed by atoms with E-state index in [-0.39, 0.29) is 29.5 Å². The lowest BCUT2D eigenvalue weighted by Gasteiger charge is -2.11. The number of hydrogen-bond donors (Lipinski definition) is 2. The number of halogens is 2. The summed E-state index contributed by atoms with van der Waals surface area (Å²) in [6.07, 6.45) is -0.553. The van der Waals surface area contributed by atoms with Gasteiger partial charge in [-0.25, -0.2) is 17.5 Å². The molecule has 0 aliphatic rings. The van der Waals surface area contributed by atoms with E-state index in [2.05, 4.69) is 4.72 Å². The zero-order valence-corrected chi connectivity index (χ0v) is 11.8. The fraction of sp³-hybridized carbons (Fsp3) is 0.455. The molecule has 1 aromatic carbocycles. The van der Waals surface area contributed by atoms with E-state index in [4.69, 9.17) is 16.3 Å². The van der Waals surface area contributed by atoms with Gasteiger partial charge in [-0.05, 0) is 24.6 Å². The number of ether oxygens (including phenoxy) is 1. The van der Waals surface area contributed by atoms with E-state index in [9.17, 15) is 17.9 Å². The first-order valence-electron chi connectivity index (χ1n) is 5.48. The second-order valence-electron chi connectivity index (χ2n) is 3.87. The van der Waals surface area contributed by atoms with Gasteiger partial charge in [-0.3, -0.25) is 0 Å². The van der Waals surface area contributed by atoms with Crippen LogP contribution in [0.3, 0.4) is 0 Å². The number of hydrogen-bond acceptors (Lipinski definition) is 4. The van der Waals surface area contributed by atoms with Gasteiger partial charge in [0.1, 0.15) is 10.7 Å². The van der Waals surface area contributed by atoms with Crippen molar-refractivity contribution in [2.45, 2.75) is 17.4 Å². The van der Waals surface area contributed by atoms with Crippen molar-refractivity contribution in [3.8, 4) is 0 Å². The largest absolute Gasteiger partial charge is 0.391 e. The molecule has 0 spiro atoms. The summed E-state index contributed by atoms with van der Waals surface area (Å²) < 4.78 is 43.6. The fourth-order valence-electron chi connectivity index (χ4n) is 1.41. The van der Waals surface area contributed by atoms with E-state index < -0.39 is 21.9 Å². The van der Waals surface area contributed by atoms with Crippen molar-refractivity contribution in [2.75, 3.05) is 20.3 Å². The van der Waals surface area contributed by atoms with Crippen molar-refractivity contribution in [3.05, 3.63) is 29.0 Å². The summed E-state index contributed by atoms with van der Waals surface area (Å²) in [6, 6.07) is 3.03. The second-order valence-corrected chi connectivity index (χ2v) is 6.01. The molecule has 8 heteroatoms. The molecule has 1 aromatic rings. The van der Waals surface area contributed by atoms with Crippen LogP contribution in [-0.4, -0.2) is 39.9 Å². The van der Waals surface area contributed by atoms with Crippen LogP contribution in [0.25, 0.3) is 0 Å². The normalized spacial score (nSPS) is 13.5. The lowest BCUT2D eigenvalue weighted by Crippen LogP contribution is -2.28. The standard InChI is InChI=1S/C11H15ClFNO4S/c1-18-7-9(15)4-5-14-19(16,17)11-3-2-8(13)6-10(11)12/h2-3,6,9,14-15H,4-5,7H2,1H3. The van der Waals surface area contributed by atoms with Crippen molar-refractivity contribution < 1.29 is 22.7 Å². The maximum absolute atomic E-state index is 12.8. The minimum Gasteiger partial charge on any atom is -0.391 e. The molecule has 2 N–H and O–H groups in total. The summed E-state index contributed by atoms with van der Waals surface area (Å²) >= 11 is 5.68. The maximum atomic E-state index is 12.8. The van der Waals surface area contributed by atoms with Crippen LogP contribution in [-0.2, 0) is 14.8 Å². The Kier molecular flexibility index (Phi) is 6.15. The van der Waals surface area contributed by atoms with Gasteiger partial charge in [0.05, 0.1) is 17.7 Å². The number of nitrogens with one attached hydrogen (secondary N) is 1. The van der Waals surface area contributed by atoms with Crippen molar-refractivity contribution in [1.29, 1.82) is 0 Å². The van der Waals surface area contributed by atoms with Crippen LogP contribution in [0, 0.1) is 5.82 Å². The molecule has 0 saturated carbocycles. The average molecular weight is 312 g/mol. The first-order valence-corrected chi connectivity index (χ1v) is 7.34. The lowest BCUT2D eigenvalue weighted by molar-refractivity contribution is 0.0603. The monoisotopic (exact) mass is 311 g/mol. The van der Waals surface area contributed by atoms with E-state index in [0.717, 1.165) is 18.2 Å². The molecule has 0 aliphatic carbocycles. The number of rotatable bonds is 7. The zero-order valence-electron chi connectivity index (χ0n) is 10.3. The number of aliphatic hydroxyl groups is 1. The lowest BCUT2D eigenvalue weighted by atomic mass is 10.3. The maximum Gasteiger partial charge on any atom is 0.242 e. The molecule has 19 heavy (non-hydrogen) atoms. The molecule has 5 nitrogen and oxygen atoms in total. The molecule has 108 valence electrons. The van der Waals surface area contributed by atoms with Gasteiger partial charge in [-0.2, -0.15) is 0 Å². The average Bonchev–Trinajstić information content (AvgIpc) is 2.28. The molecule has 0 fully saturated rings. The Morgan fingerprint density at radius 2 is 2.21 bits per heavy atom. The Hall–Kier alpha value is -0.730. The second kappa shape index (κ2) is 7.16. The molecule has 0 aromatic heterocycles. The molecule has 0 heterocycles. The predicted octanol–water partition coefficient (Wildman–Crippen LogP) is 1.15. The van der Waals surface area contributed by atoms with E-state index >= 15 is 0 Å². The third-order valence-corrected chi connectivity index (χ3v) is 4.26. The Labute approximate surface area is 116 Å². The SMILES string of the molecule is COCC(O)CCNS(=O)(=O)c1ccc(F)cc1Cl. The fourth-order valence-corrected chi connectivity index (χ4v) is 2.98. The van der Waals surface area contributed by atoms with Crippen LogP contribution in [0.4, 0.5) is 4.39 Å². The quantitative estimate of drug-likeness (QED) is 0.792. The molecule has 0 radical (unpaired) electrons. The van der Waals surface area contributed by atoms with Gasteiger partial charge in [-0.15, -0.1) is 0 Å². The van der Waals surface area contributed by atoms with Gasteiger partial charge in [0.15, 0.2) is 0 Å². The van der Waals surface area contributed by atoms with E-state index in [1.165, 1.54) is 7.11 Å². The summed E-state index contributed by atoms with van der Waals surface area (Å²) in [5.41, 5.74) is 0. The minimum atomic E-state index is -3.82. The van der Waals surface area contributed by atoms with Crippen LogP contribution in [0.5, 0.6) is 0 Å². The Bertz CT molecular complexity index is 523. The van der Waals surface area contributed by atoms with Crippen molar-refractivity contribution >= 4 is 21.6 Å². The molecule has 1 atom stereocenters. The summed E-state index contributed by atoms with van der Waals surface area (Å²) in [5, 5.41) is 9.18. The molecule has 0 amide bonds. The highest BCUT2D eigenvalue weighted by molar-refractivity contribution is 7.89. The van der Waals surface area contributed by atoms with E-state index in [0.29, 0.717) is 0 Å². The summed E-state index contributed by atoms with van der Waals surface area (Å²) in [7, 11) is -2.38. The van der Waals surface area contributed by atoms with Crippen molar-refractivity contribution in [2.24, 2.45) is 0 Å². The van der Waals surface area contributed by atoms with Crippen LogP contribution in [0.2, 0.25) is 5.02 Å². The van der Waals surface area contributed by atoms with Gasteiger partial charge in [0.25, 0.3) is 0 Å². The summed E-state index contributed by atoms with van der Waals surface area (Å²) in [5.74, 6) is -0.612. The van der Waals surface area contributed by atoms with Crippen LogP contribution in [0.1, 0.15) is 6.42 Å². The van der Waals surface area contributed by atoms with Gasteiger partial charge < -0.3 is 9.84 Å². The van der Waals surface area contributed by atoms with Crippen molar-refractivity contribution in [3.63, 3.8) is 0 Å². The smallest absolute Gasteiger partial charge is 0.242 e.